The number of carboxylic acid groups (broad SMARTS) is 1. The summed E-state index contributed by atoms with van der Waals surface area (Å²) in [5.74, 6) is -1.86. The summed E-state index contributed by atoms with van der Waals surface area (Å²) in [7, 11) is 0. The van der Waals surface area contributed by atoms with Crippen LogP contribution in [-0.2, 0) is 4.79 Å². The number of carbonyl (C=O) groups is 2. The molecule has 9 heteroatoms. The Morgan fingerprint density at radius 3 is 2.38 bits per heavy atom. The molecule has 0 fully saturated rings. The van der Waals surface area contributed by atoms with Crippen LogP contribution in [0.1, 0.15) is 24.2 Å². The average molecular weight is 335 g/mol. The number of hydrogen-bond acceptors (Lipinski definition) is 4. The van der Waals surface area contributed by atoms with Crippen molar-refractivity contribution in [3.8, 4) is 0 Å². The van der Waals surface area contributed by atoms with E-state index in [1.54, 1.807) is 13.8 Å². The molecule has 0 bridgehead atoms. The quantitative estimate of drug-likeness (QED) is 0.659. The van der Waals surface area contributed by atoms with Crippen molar-refractivity contribution in [1.82, 2.24) is 4.90 Å². The lowest BCUT2D eigenvalue weighted by molar-refractivity contribution is -0.384. The van der Waals surface area contributed by atoms with Gasteiger partial charge >= 0.3 is 5.97 Å². The Bertz CT molecular complexity index is 604. The van der Waals surface area contributed by atoms with Gasteiger partial charge in [0.05, 0.1) is 9.95 Å². The fourth-order valence-corrected chi connectivity index (χ4v) is 2.02. The number of nitrogens with zero attached hydrogens (tertiary/aromatic N) is 2. The van der Waals surface area contributed by atoms with Crippen LogP contribution in [0.3, 0.4) is 0 Å². The molecule has 0 saturated carbocycles. The maximum Gasteiger partial charge on any atom is 0.323 e. The van der Waals surface area contributed by atoms with E-state index in [1.807, 2.05) is 0 Å². The summed E-state index contributed by atoms with van der Waals surface area (Å²) in [5.41, 5.74) is -0.599. The zero-order valence-electron chi connectivity index (χ0n) is 11.2. The molecule has 0 aliphatic carbocycles. The minimum atomic E-state index is -1.19. The SMILES string of the molecule is CC(C)N(CC(=O)O)C(=O)c1cc(Cl)c(Cl)c([N+](=O)[O-])c1. The van der Waals surface area contributed by atoms with E-state index in [0.29, 0.717) is 0 Å². The van der Waals surface area contributed by atoms with Crippen LogP contribution in [0.2, 0.25) is 10.0 Å². The van der Waals surface area contributed by atoms with Gasteiger partial charge in [0.15, 0.2) is 0 Å². The zero-order chi connectivity index (χ0) is 16.3. The van der Waals surface area contributed by atoms with E-state index >= 15 is 0 Å². The van der Waals surface area contributed by atoms with Crippen molar-refractivity contribution in [3.63, 3.8) is 0 Å². The minimum Gasteiger partial charge on any atom is -0.480 e. The van der Waals surface area contributed by atoms with Crippen molar-refractivity contribution >= 4 is 40.8 Å². The summed E-state index contributed by atoms with van der Waals surface area (Å²) in [4.78, 5) is 34.3. The molecular formula is C12H12Cl2N2O5. The van der Waals surface area contributed by atoms with E-state index in [1.165, 1.54) is 6.07 Å². The summed E-state index contributed by atoms with van der Waals surface area (Å²) in [6, 6.07) is 1.76. The molecule has 1 rings (SSSR count). The van der Waals surface area contributed by atoms with Gasteiger partial charge in [-0.1, -0.05) is 23.2 Å². The molecule has 1 amide bonds. The molecule has 0 radical (unpaired) electrons. The maximum atomic E-state index is 12.3. The second-order valence-corrected chi connectivity index (χ2v) is 5.25. The molecule has 1 aromatic rings. The predicted octanol–water partition coefficient (Wildman–Crippen LogP) is 2.84. The molecule has 0 spiro atoms. The van der Waals surface area contributed by atoms with Crippen molar-refractivity contribution in [2.24, 2.45) is 0 Å². The van der Waals surface area contributed by atoms with Crippen LogP contribution in [0.15, 0.2) is 12.1 Å². The molecule has 0 aromatic heterocycles. The number of nitro groups is 1. The third-order valence-corrected chi connectivity index (χ3v) is 3.43. The third-order valence-electron chi connectivity index (χ3n) is 2.64. The number of nitro benzene ring substituents is 1. The van der Waals surface area contributed by atoms with Gasteiger partial charge in [-0.2, -0.15) is 0 Å². The van der Waals surface area contributed by atoms with Gasteiger partial charge in [0.25, 0.3) is 11.6 Å². The lowest BCUT2D eigenvalue weighted by Gasteiger charge is -2.25. The highest BCUT2D eigenvalue weighted by Crippen LogP contribution is 2.33. The molecule has 0 aliphatic rings. The molecular weight excluding hydrogens is 323 g/mol. The molecule has 0 heterocycles. The maximum absolute atomic E-state index is 12.3. The monoisotopic (exact) mass is 334 g/mol. The molecule has 1 N–H and O–H groups in total. The number of halogens is 2. The van der Waals surface area contributed by atoms with Gasteiger partial charge in [0, 0.05) is 17.7 Å². The van der Waals surface area contributed by atoms with Crippen LogP contribution in [0, 0.1) is 10.1 Å². The van der Waals surface area contributed by atoms with Crippen molar-refractivity contribution in [2.45, 2.75) is 19.9 Å². The number of carbonyl (C=O) groups excluding carboxylic acids is 1. The first kappa shape index (κ1) is 17.2. The first-order chi connectivity index (χ1) is 9.65. The summed E-state index contributed by atoms with van der Waals surface area (Å²) in [5, 5.41) is 19.3. The number of carboxylic acids is 1. The summed E-state index contributed by atoms with van der Waals surface area (Å²) in [6.07, 6.45) is 0. The van der Waals surface area contributed by atoms with Crippen molar-refractivity contribution < 1.29 is 19.6 Å². The Balaban J connectivity index is 3.28. The largest absolute Gasteiger partial charge is 0.480 e. The topological polar surface area (TPSA) is 101 Å². The molecule has 7 nitrogen and oxygen atoms in total. The Kier molecular flexibility index (Phi) is 5.51. The van der Waals surface area contributed by atoms with Crippen LogP contribution in [-0.4, -0.2) is 39.4 Å². The van der Waals surface area contributed by atoms with E-state index < -0.39 is 35.1 Å². The molecule has 114 valence electrons. The highest BCUT2D eigenvalue weighted by molar-refractivity contribution is 6.43. The Labute approximate surface area is 130 Å². The van der Waals surface area contributed by atoms with Crippen molar-refractivity contribution in [3.05, 3.63) is 37.9 Å². The number of rotatable bonds is 5. The van der Waals surface area contributed by atoms with E-state index in [-0.39, 0.29) is 15.6 Å². The number of benzene rings is 1. The Morgan fingerprint density at radius 2 is 1.95 bits per heavy atom. The van der Waals surface area contributed by atoms with E-state index in [0.717, 1.165) is 11.0 Å². The van der Waals surface area contributed by atoms with Gasteiger partial charge in [-0.25, -0.2) is 0 Å². The highest BCUT2D eigenvalue weighted by Gasteiger charge is 2.25. The van der Waals surface area contributed by atoms with Gasteiger partial charge < -0.3 is 10.0 Å². The number of hydrogen-bond donors (Lipinski definition) is 1. The third kappa shape index (κ3) is 4.05. The van der Waals surface area contributed by atoms with E-state index in [9.17, 15) is 19.7 Å². The fourth-order valence-electron chi connectivity index (χ4n) is 1.63. The molecule has 0 aliphatic heterocycles. The average Bonchev–Trinajstić information content (AvgIpc) is 2.37. The van der Waals surface area contributed by atoms with Gasteiger partial charge in [-0.3, -0.25) is 19.7 Å². The lowest BCUT2D eigenvalue weighted by atomic mass is 10.1. The molecule has 0 unspecified atom stereocenters. The zero-order valence-corrected chi connectivity index (χ0v) is 12.7. The fraction of sp³-hybridized carbons (Fsp3) is 0.333. The molecule has 0 atom stereocenters. The Morgan fingerprint density at radius 1 is 1.38 bits per heavy atom. The Hall–Kier alpha value is -1.86. The number of aliphatic carboxylic acids is 1. The van der Waals surface area contributed by atoms with E-state index in [2.05, 4.69) is 0 Å². The predicted molar refractivity (Wildman–Crippen MR) is 76.9 cm³/mol. The lowest BCUT2D eigenvalue weighted by Crippen LogP contribution is -2.40. The number of amides is 1. The molecule has 1 aromatic carbocycles. The second-order valence-electron chi connectivity index (χ2n) is 4.47. The van der Waals surface area contributed by atoms with Gasteiger partial charge in [-0.05, 0) is 19.9 Å². The van der Waals surface area contributed by atoms with Crippen LogP contribution < -0.4 is 0 Å². The molecule has 21 heavy (non-hydrogen) atoms. The van der Waals surface area contributed by atoms with Crippen molar-refractivity contribution in [1.29, 1.82) is 0 Å². The highest BCUT2D eigenvalue weighted by atomic mass is 35.5. The molecule has 0 saturated heterocycles. The van der Waals surface area contributed by atoms with Crippen LogP contribution in [0.4, 0.5) is 5.69 Å². The van der Waals surface area contributed by atoms with Gasteiger partial charge in [0.1, 0.15) is 11.6 Å². The van der Waals surface area contributed by atoms with Gasteiger partial charge in [-0.15, -0.1) is 0 Å². The van der Waals surface area contributed by atoms with Crippen LogP contribution in [0.5, 0.6) is 0 Å². The summed E-state index contributed by atoms with van der Waals surface area (Å²) in [6.45, 7) is 2.74. The van der Waals surface area contributed by atoms with E-state index in [4.69, 9.17) is 28.3 Å². The summed E-state index contributed by atoms with van der Waals surface area (Å²) >= 11 is 11.5. The van der Waals surface area contributed by atoms with Gasteiger partial charge in [0.2, 0.25) is 0 Å². The first-order valence-electron chi connectivity index (χ1n) is 5.81. The van der Waals surface area contributed by atoms with Crippen molar-refractivity contribution in [2.75, 3.05) is 6.54 Å². The van der Waals surface area contributed by atoms with Crippen LogP contribution >= 0.6 is 23.2 Å². The smallest absolute Gasteiger partial charge is 0.323 e. The second kappa shape index (κ2) is 6.73. The first-order valence-corrected chi connectivity index (χ1v) is 6.57. The standard InChI is InChI=1S/C12H12Cl2N2O5/c1-6(2)15(5-10(17)18)12(19)7-3-8(13)11(14)9(4-7)16(20)21/h3-4,6H,5H2,1-2H3,(H,17,18). The summed E-state index contributed by atoms with van der Waals surface area (Å²) < 4.78 is 0. The minimum absolute atomic E-state index is 0.0916. The van der Waals surface area contributed by atoms with Crippen LogP contribution in [0.25, 0.3) is 0 Å². The normalized spacial score (nSPS) is 10.5.